The first-order chi connectivity index (χ1) is 8.08. The lowest BCUT2D eigenvalue weighted by atomic mass is 9.84. The van der Waals surface area contributed by atoms with Gasteiger partial charge in [-0.25, -0.2) is 0 Å². The molecule has 1 saturated heterocycles. The Labute approximate surface area is 103 Å². The molecule has 0 radical (unpaired) electrons. The molecule has 2 rings (SSSR count). The van der Waals surface area contributed by atoms with Crippen LogP contribution < -0.4 is 5.32 Å². The summed E-state index contributed by atoms with van der Waals surface area (Å²) in [5.41, 5.74) is 0. The molecule has 3 unspecified atom stereocenters. The number of hydrogen-bond donors (Lipinski definition) is 1. The van der Waals surface area contributed by atoms with Crippen LogP contribution in [-0.4, -0.2) is 11.8 Å². The largest absolute Gasteiger partial charge is 0.296 e. The van der Waals surface area contributed by atoms with E-state index in [1.165, 1.54) is 19.3 Å². The van der Waals surface area contributed by atoms with Crippen LogP contribution >= 0.6 is 0 Å². The Morgan fingerprint density at radius 1 is 1.12 bits per heavy atom. The van der Waals surface area contributed by atoms with E-state index in [2.05, 4.69) is 19.2 Å². The van der Waals surface area contributed by atoms with Crippen LogP contribution in [0, 0.1) is 23.7 Å². The highest BCUT2D eigenvalue weighted by molar-refractivity contribution is 6.03. The maximum Gasteiger partial charge on any atom is 0.230 e. The van der Waals surface area contributed by atoms with Crippen molar-refractivity contribution in [3.8, 4) is 0 Å². The fraction of sp³-hybridized carbons (Fsp3) is 0.857. The van der Waals surface area contributed by atoms with E-state index < -0.39 is 0 Å². The average molecular weight is 237 g/mol. The van der Waals surface area contributed by atoms with Crippen LogP contribution in [0.2, 0.25) is 0 Å². The normalized spacial score (nSPS) is 34.9. The minimum atomic E-state index is -0.0790. The maximum absolute atomic E-state index is 11.7. The molecule has 0 aromatic carbocycles. The van der Waals surface area contributed by atoms with Crippen molar-refractivity contribution in [2.24, 2.45) is 23.7 Å². The average Bonchev–Trinajstić information content (AvgIpc) is 2.52. The Kier molecular flexibility index (Phi) is 3.85. The van der Waals surface area contributed by atoms with E-state index >= 15 is 0 Å². The summed E-state index contributed by atoms with van der Waals surface area (Å²) in [6, 6.07) is 0. The van der Waals surface area contributed by atoms with Gasteiger partial charge < -0.3 is 0 Å². The van der Waals surface area contributed by atoms with Gasteiger partial charge in [-0.1, -0.05) is 26.7 Å². The van der Waals surface area contributed by atoms with Gasteiger partial charge in [0.05, 0.1) is 0 Å². The molecule has 1 saturated carbocycles. The lowest BCUT2D eigenvalue weighted by molar-refractivity contribution is -0.126. The minimum Gasteiger partial charge on any atom is -0.296 e. The molecule has 3 atom stereocenters. The van der Waals surface area contributed by atoms with Crippen molar-refractivity contribution >= 4 is 11.8 Å². The van der Waals surface area contributed by atoms with Crippen molar-refractivity contribution in [2.75, 3.05) is 0 Å². The molecule has 17 heavy (non-hydrogen) atoms. The summed E-state index contributed by atoms with van der Waals surface area (Å²) in [6.07, 6.45) is 6.39. The number of nitrogens with one attached hydrogen (secondary N) is 1. The molecule has 0 aromatic rings. The van der Waals surface area contributed by atoms with E-state index in [1.807, 2.05) is 0 Å². The van der Waals surface area contributed by atoms with Crippen molar-refractivity contribution in [3.63, 3.8) is 0 Å². The van der Waals surface area contributed by atoms with Crippen LogP contribution in [0.1, 0.15) is 52.4 Å². The first-order valence-electron chi connectivity index (χ1n) is 6.91. The lowest BCUT2D eigenvalue weighted by Crippen LogP contribution is -2.26. The fourth-order valence-corrected chi connectivity index (χ4v) is 3.38. The van der Waals surface area contributed by atoms with Crippen molar-refractivity contribution < 1.29 is 9.59 Å². The Morgan fingerprint density at radius 3 is 2.47 bits per heavy atom. The Morgan fingerprint density at radius 2 is 1.88 bits per heavy atom. The Hall–Kier alpha value is -0.860. The van der Waals surface area contributed by atoms with E-state index in [9.17, 15) is 9.59 Å². The summed E-state index contributed by atoms with van der Waals surface area (Å²) in [5, 5.41) is 2.44. The van der Waals surface area contributed by atoms with Gasteiger partial charge in [0.1, 0.15) is 0 Å². The summed E-state index contributed by atoms with van der Waals surface area (Å²) < 4.78 is 0. The maximum atomic E-state index is 11.7. The molecule has 0 spiro atoms. The van der Waals surface area contributed by atoms with Crippen LogP contribution in [0.4, 0.5) is 0 Å². The molecule has 1 N–H and O–H groups in total. The Bertz CT molecular complexity index is 311. The topological polar surface area (TPSA) is 46.2 Å². The predicted molar refractivity (Wildman–Crippen MR) is 66.2 cm³/mol. The highest BCUT2D eigenvalue weighted by Gasteiger charge is 2.37. The van der Waals surface area contributed by atoms with Gasteiger partial charge in [0.15, 0.2) is 0 Å². The van der Waals surface area contributed by atoms with Crippen molar-refractivity contribution in [2.45, 2.75) is 52.4 Å². The van der Waals surface area contributed by atoms with E-state index in [-0.39, 0.29) is 17.7 Å². The summed E-state index contributed by atoms with van der Waals surface area (Å²) in [5.74, 6) is 1.85. The summed E-state index contributed by atoms with van der Waals surface area (Å²) >= 11 is 0. The highest BCUT2D eigenvalue weighted by atomic mass is 16.2. The van der Waals surface area contributed by atoms with E-state index in [0.717, 1.165) is 24.7 Å². The van der Waals surface area contributed by atoms with Crippen LogP contribution in [0.3, 0.4) is 0 Å². The molecular formula is C14H23NO2. The van der Waals surface area contributed by atoms with Crippen LogP contribution in [-0.2, 0) is 9.59 Å². The number of hydrogen-bond acceptors (Lipinski definition) is 2. The van der Waals surface area contributed by atoms with Crippen molar-refractivity contribution in [3.05, 3.63) is 0 Å². The number of imide groups is 1. The molecule has 1 heterocycles. The number of rotatable bonds is 2. The second-order valence-electron chi connectivity index (χ2n) is 6.00. The van der Waals surface area contributed by atoms with Gasteiger partial charge in [0.2, 0.25) is 11.8 Å². The van der Waals surface area contributed by atoms with E-state index in [0.29, 0.717) is 12.3 Å². The van der Waals surface area contributed by atoms with Crippen LogP contribution in [0.25, 0.3) is 0 Å². The van der Waals surface area contributed by atoms with Crippen LogP contribution in [0.15, 0.2) is 0 Å². The number of carbonyl (C=O) groups excluding carboxylic acids is 2. The van der Waals surface area contributed by atoms with E-state index in [4.69, 9.17) is 0 Å². The van der Waals surface area contributed by atoms with Gasteiger partial charge >= 0.3 is 0 Å². The molecule has 2 aliphatic rings. The summed E-state index contributed by atoms with van der Waals surface area (Å²) in [7, 11) is 0. The Balaban J connectivity index is 1.95. The quantitative estimate of drug-likeness (QED) is 0.592. The molecule has 2 amide bonds. The molecule has 96 valence electrons. The molecule has 0 aromatic heterocycles. The first kappa shape index (κ1) is 12.6. The van der Waals surface area contributed by atoms with Gasteiger partial charge in [-0.15, -0.1) is 0 Å². The third kappa shape index (κ3) is 2.88. The molecule has 0 bridgehead atoms. The zero-order chi connectivity index (χ0) is 12.4. The fourth-order valence-electron chi connectivity index (χ4n) is 3.38. The van der Waals surface area contributed by atoms with Crippen LogP contribution in [0.5, 0.6) is 0 Å². The third-order valence-corrected chi connectivity index (χ3v) is 4.57. The molecule has 3 nitrogen and oxygen atoms in total. The van der Waals surface area contributed by atoms with Gasteiger partial charge in [-0.3, -0.25) is 14.9 Å². The number of carbonyl (C=O) groups is 2. The first-order valence-corrected chi connectivity index (χ1v) is 6.91. The van der Waals surface area contributed by atoms with Crippen molar-refractivity contribution in [1.29, 1.82) is 0 Å². The van der Waals surface area contributed by atoms with Gasteiger partial charge in [0.25, 0.3) is 0 Å². The van der Waals surface area contributed by atoms with Crippen molar-refractivity contribution in [1.82, 2.24) is 5.32 Å². The predicted octanol–water partition coefficient (Wildman–Crippen LogP) is 2.50. The minimum absolute atomic E-state index is 0.0250. The summed E-state index contributed by atoms with van der Waals surface area (Å²) in [6.45, 7) is 4.58. The highest BCUT2D eigenvalue weighted by Crippen LogP contribution is 2.37. The summed E-state index contributed by atoms with van der Waals surface area (Å²) in [4.78, 5) is 22.9. The number of amides is 2. The molecular weight excluding hydrogens is 214 g/mol. The second kappa shape index (κ2) is 5.19. The lowest BCUT2D eigenvalue weighted by Gasteiger charge is -2.20. The molecule has 1 aliphatic carbocycles. The molecule has 2 fully saturated rings. The smallest absolute Gasteiger partial charge is 0.230 e. The molecule has 1 aliphatic heterocycles. The zero-order valence-electron chi connectivity index (χ0n) is 10.9. The molecule has 3 heteroatoms. The zero-order valence-corrected chi connectivity index (χ0v) is 10.9. The van der Waals surface area contributed by atoms with Gasteiger partial charge in [-0.05, 0) is 37.0 Å². The van der Waals surface area contributed by atoms with Gasteiger partial charge in [0, 0.05) is 12.3 Å². The SMILES string of the molecule is CC(C)C1CCCC(C2CC(=O)NC2=O)CC1. The second-order valence-corrected chi connectivity index (χ2v) is 6.00. The van der Waals surface area contributed by atoms with E-state index in [1.54, 1.807) is 0 Å². The van der Waals surface area contributed by atoms with Gasteiger partial charge in [-0.2, -0.15) is 0 Å². The third-order valence-electron chi connectivity index (χ3n) is 4.57. The monoisotopic (exact) mass is 237 g/mol. The standard InChI is InChI=1S/C14H23NO2/c1-9(2)10-4-3-5-11(7-6-10)12-8-13(16)15-14(12)17/h9-12H,3-8H2,1-2H3,(H,15,16,17).